The lowest BCUT2D eigenvalue weighted by Gasteiger charge is -2.26. The average Bonchev–Trinajstić information content (AvgIpc) is 3.18. The van der Waals surface area contributed by atoms with Gasteiger partial charge in [-0.05, 0) is 67.1 Å². The van der Waals surface area contributed by atoms with Crippen molar-refractivity contribution < 1.29 is 9.53 Å². The maximum absolute atomic E-state index is 12.9. The molecule has 0 spiro atoms. The number of carbonyl (C=O) groups is 1. The minimum Gasteiger partial charge on any atom is -0.463 e. The second-order valence-electron chi connectivity index (χ2n) is 9.85. The number of carbonyl (C=O) groups excluding carboxylic acids is 1. The van der Waals surface area contributed by atoms with Gasteiger partial charge in [0.2, 0.25) is 0 Å². The number of Topliss-reactive ketones (excluding diaryl/α,β-unsaturated/α-hetero) is 1. The Hall–Kier alpha value is -4.04. The fourth-order valence-electron chi connectivity index (χ4n) is 5.02. The van der Waals surface area contributed by atoms with E-state index in [4.69, 9.17) is 10.5 Å². The number of ether oxygens (including phenoxy) is 1. The zero-order chi connectivity index (χ0) is 25.4. The highest BCUT2D eigenvalue weighted by atomic mass is 16.5. The van der Waals surface area contributed by atoms with E-state index in [2.05, 4.69) is 61.3 Å². The normalized spacial score (nSPS) is 16.7. The summed E-state index contributed by atoms with van der Waals surface area (Å²) in [4.78, 5) is 26.4. The van der Waals surface area contributed by atoms with Crippen molar-refractivity contribution in [2.75, 3.05) is 25.4 Å². The van der Waals surface area contributed by atoms with Gasteiger partial charge in [0.1, 0.15) is 5.82 Å². The van der Waals surface area contributed by atoms with Gasteiger partial charge in [-0.1, -0.05) is 48.6 Å². The van der Waals surface area contributed by atoms with Gasteiger partial charge in [0.15, 0.2) is 22.8 Å². The number of aromatic nitrogens is 4. The molecule has 4 heterocycles. The standard InChI is InChI=1S/C29H30N6O2/c1-18-32-26-27(30)33-29-34-28(26)35(18)17-19-9-10-24(21(12-19)6-3-2-4-11-37-29)22-7-5-8-23(14-22)25(36)13-20-15-31-16-20/h2-3,5,7-10,12,14,20,31H,4,6,11,13,15-17H2,1H3,(H2,30,33,34)/b3-2+. The van der Waals surface area contributed by atoms with Gasteiger partial charge in [-0.25, -0.2) is 4.98 Å². The number of ketones is 1. The molecular weight excluding hydrogens is 464 g/mol. The summed E-state index contributed by atoms with van der Waals surface area (Å²) in [5, 5.41) is 3.25. The van der Waals surface area contributed by atoms with E-state index in [1.54, 1.807) is 0 Å². The zero-order valence-electron chi connectivity index (χ0n) is 20.9. The number of rotatable bonds is 4. The molecule has 8 heteroatoms. The molecule has 4 bridgehead atoms. The first kappa shape index (κ1) is 23.4. The summed E-state index contributed by atoms with van der Waals surface area (Å²) in [7, 11) is 0. The number of nitrogens with one attached hydrogen (secondary N) is 1. The molecule has 188 valence electrons. The molecule has 1 fully saturated rings. The van der Waals surface area contributed by atoms with Crippen LogP contribution in [0.1, 0.15) is 40.2 Å². The molecule has 6 rings (SSSR count). The van der Waals surface area contributed by atoms with Crippen LogP contribution in [-0.2, 0) is 13.0 Å². The van der Waals surface area contributed by atoms with E-state index in [0.717, 1.165) is 54.0 Å². The Balaban J connectivity index is 1.38. The molecule has 2 aliphatic heterocycles. The van der Waals surface area contributed by atoms with Gasteiger partial charge in [0.25, 0.3) is 0 Å². The van der Waals surface area contributed by atoms with E-state index in [-0.39, 0.29) is 11.8 Å². The van der Waals surface area contributed by atoms with E-state index < -0.39 is 0 Å². The summed E-state index contributed by atoms with van der Waals surface area (Å²) < 4.78 is 7.84. The maximum atomic E-state index is 12.9. The van der Waals surface area contributed by atoms with E-state index in [1.165, 1.54) is 5.56 Å². The molecule has 0 radical (unpaired) electrons. The molecule has 2 aromatic carbocycles. The highest BCUT2D eigenvalue weighted by Gasteiger charge is 2.21. The highest BCUT2D eigenvalue weighted by molar-refractivity contribution is 5.97. The van der Waals surface area contributed by atoms with Crippen LogP contribution in [-0.4, -0.2) is 45.0 Å². The Morgan fingerprint density at radius 1 is 1.14 bits per heavy atom. The smallest absolute Gasteiger partial charge is 0.320 e. The molecule has 0 aliphatic carbocycles. The fourth-order valence-corrected chi connectivity index (χ4v) is 5.02. The number of anilines is 1. The Morgan fingerprint density at radius 3 is 2.86 bits per heavy atom. The third-order valence-corrected chi connectivity index (χ3v) is 7.16. The summed E-state index contributed by atoms with van der Waals surface area (Å²) >= 11 is 0. The van der Waals surface area contributed by atoms with Crippen LogP contribution >= 0.6 is 0 Å². The Labute approximate surface area is 215 Å². The quantitative estimate of drug-likeness (QED) is 0.325. The second kappa shape index (κ2) is 9.78. The number of nitrogen functional groups attached to an aromatic ring is 1. The van der Waals surface area contributed by atoms with Crippen molar-refractivity contribution in [3.8, 4) is 17.1 Å². The SMILES string of the molecule is Cc1nc2c(N)nc3nc2n1Cc1ccc(-c2cccc(C(=O)CC4CNC4)c2)c(c1)C/C=C/CCO3. The van der Waals surface area contributed by atoms with Crippen LogP contribution in [0.5, 0.6) is 6.01 Å². The molecule has 37 heavy (non-hydrogen) atoms. The fraction of sp³-hybridized carbons (Fsp3) is 0.310. The van der Waals surface area contributed by atoms with Gasteiger partial charge in [-0.2, -0.15) is 9.97 Å². The number of nitrogens with zero attached hydrogens (tertiary/aromatic N) is 4. The monoisotopic (exact) mass is 494 g/mol. The van der Waals surface area contributed by atoms with E-state index >= 15 is 0 Å². The van der Waals surface area contributed by atoms with Crippen molar-refractivity contribution in [3.63, 3.8) is 0 Å². The van der Waals surface area contributed by atoms with Crippen LogP contribution < -0.4 is 15.8 Å². The lowest BCUT2D eigenvalue weighted by Crippen LogP contribution is -2.42. The molecule has 1 saturated heterocycles. The first-order chi connectivity index (χ1) is 18.0. The number of imidazole rings is 1. The van der Waals surface area contributed by atoms with Crippen LogP contribution in [0.4, 0.5) is 5.82 Å². The van der Waals surface area contributed by atoms with Gasteiger partial charge in [0, 0.05) is 12.0 Å². The van der Waals surface area contributed by atoms with Gasteiger partial charge in [-0.15, -0.1) is 0 Å². The molecule has 0 unspecified atom stereocenters. The number of benzene rings is 2. The van der Waals surface area contributed by atoms with Crippen molar-refractivity contribution in [3.05, 3.63) is 77.1 Å². The van der Waals surface area contributed by atoms with Crippen molar-refractivity contribution in [2.24, 2.45) is 5.92 Å². The average molecular weight is 495 g/mol. The molecule has 0 atom stereocenters. The van der Waals surface area contributed by atoms with Crippen LogP contribution in [0, 0.1) is 12.8 Å². The zero-order valence-corrected chi connectivity index (χ0v) is 20.9. The van der Waals surface area contributed by atoms with Gasteiger partial charge < -0.3 is 20.4 Å². The number of fused-ring (bicyclic) bond motifs is 3. The van der Waals surface area contributed by atoms with E-state index in [9.17, 15) is 4.79 Å². The molecule has 2 aliphatic rings. The maximum Gasteiger partial charge on any atom is 0.320 e. The third kappa shape index (κ3) is 4.72. The predicted molar refractivity (Wildman–Crippen MR) is 144 cm³/mol. The largest absolute Gasteiger partial charge is 0.463 e. The van der Waals surface area contributed by atoms with Crippen molar-refractivity contribution in [2.45, 2.75) is 32.7 Å². The molecule has 2 aromatic heterocycles. The summed E-state index contributed by atoms with van der Waals surface area (Å²) in [6.45, 7) is 4.87. The minimum atomic E-state index is 0.212. The second-order valence-corrected chi connectivity index (χ2v) is 9.85. The summed E-state index contributed by atoms with van der Waals surface area (Å²) in [6, 6.07) is 14.9. The first-order valence-electron chi connectivity index (χ1n) is 12.8. The number of hydrogen-bond acceptors (Lipinski definition) is 7. The topological polar surface area (TPSA) is 108 Å². The first-order valence-corrected chi connectivity index (χ1v) is 12.8. The highest BCUT2D eigenvalue weighted by Crippen LogP contribution is 2.29. The number of nitrogens with two attached hydrogens (primary N) is 1. The number of aryl methyl sites for hydroxylation is 1. The molecule has 8 nitrogen and oxygen atoms in total. The van der Waals surface area contributed by atoms with Gasteiger partial charge >= 0.3 is 6.01 Å². The van der Waals surface area contributed by atoms with Gasteiger partial charge in [0.05, 0.1) is 13.2 Å². The van der Waals surface area contributed by atoms with Crippen molar-refractivity contribution in [1.29, 1.82) is 0 Å². The summed E-state index contributed by atoms with van der Waals surface area (Å²) in [5.74, 6) is 1.80. The number of hydrogen-bond donors (Lipinski definition) is 2. The van der Waals surface area contributed by atoms with Crippen LogP contribution in [0.25, 0.3) is 22.3 Å². The summed E-state index contributed by atoms with van der Waals surface area (Å²) in [5.41, 5.74) is 12.8. The Kier molecular flexibility index (Phi) is 6.18. The Morgan fingerprint density at radius 2 is 2.03 bits per heavy atom. The van der Waals surface area contributed by atoms with Crippen LogP contribution in [0.2, 0.25) is 0 Å². The van der Waals surface area contributed by atoms with E-state index in [0.29, 0.717) is 42.5 Å². The van der Waals surface area contributed by atoms with E-state index in [1.807, 2.05) is 25.1 Å². The minimum absolute atomic E-state index is 0.212. The van der Waals surface area contributed by atoms with Crippen molar-refractivity contribution >= 4 is 22.8 Å². The summed E-state index contributed by atoms with van der Waals surface area (Å²) in [6.07, 6.45) is 6.39. The molecule has 0 amide bonds. The predicted octanol–water partition coefficient (Wildman–Crippen LogP) is 4.11. The third-order valence-electron chi connectivity index (χ3n) is 7.16. The molecule has 4 aromatic rings. The number of allylic oxidation sites excluding steroid dienone is 1. The lowest BCUT2D eigenvalue weighted by molar-refractivity contribution is 0.0945. The van der Waals surface area contributed by atoms with Crippen molar-refractivity contribution in [1.82, 2.24) is 24.8 Å². The Bertz CT molecular complexity index is 1520. The van der Waals surface area contributed by atoms with Crippen LogP contribution in [0.3, 0.4) is 0 Å². The molecule has 0 saturated carbocycles. The van der Waals surface area contributed by atoms with Crippen LogP contribution in [0.15, 0.2) is 54.6 Å². The molecule has 3 N–H and O–H groups in total. The molecular formula is C29H30N6O2. The lowest BCUT2D eigenvalue weighted by atomic mass is 9.91. The van der Waals surface area contributed by atoms with Gasteiger partial charge in [-0.3, -0.25) is 4.79 Å².